The third-order valence-electron chi connectivity index (χ3n) is 6.52. The Hall–Kier alpha value is -1.33. The summed E-state index contributed by atoms with van der Waals surface area (Å²) in [5, 5.41) is 3.55. The van der Waals surface area contributed by atoms with Gasteiger partial charge in [0.25, 0.3) is 0 Å². The molecule has 2 aliphatic rings. The zero-order valence-electron chi connectivity index (χ0n) is 17.2. The van der Waals surface area contributed by atoms with Crippen molar-refractivity contribution in [2.24, 2.45) is 0 Å². The Morgan fingerprint density at radius 3 is 2.52 bits per heavy atom. The smallest absolute Gasteiger partial charge is 0.128 e. The third kappa shape index (κ3) is 4.94. The number of likely N-dealkylation sites (tertiary alicyclic amines) is 1. The van der Waals surface area contributed by atoms with Crippen molar-refractivity contribution in [3.8, 4) is 0 Å². The predicted octanol–water partition coefficient (Wildman–Crippen LogP) is 4.72. The fourth-order valence-corrected chi connectivity index (χ4v) is 4.59. The summed E-state index contributed by atoms with van der Waals surface area (Å²) in [5.74, 6) is -0.237. The molecule has 2 fully saturated rings. The van der Waals surface area contributed by atoms with Crippen LogP contribution in [0.1, 0.15) is 64.4 Å². The molecule has 1 saturated heterocycles. The molecule has 1 aliphatic carbocycles. The van der Waals surface area contributed by atoms with Crippen LogP contribution < -0.4 is 11.1 Å². The molecule has 1 aliphatic heterocycles. The molecule has 152 valence electrons. The van der Waals surface area contributed by atoms with Crippen molar-refractivity contribution in [3.63, 3.8) is 0 Å². The molecule has 0 aromatic heterocycles. The first kappa shape index (κ1) is 20.4. The Kier molecular flexibility index (Phi) is 6.64. The van der Waals surface area contributed by atoms with E-state index in [9.17, 15) is 4.39 Å². The highest BCUT2D eigenvalue weighted by atomic mass is 19.1. The normalized spacial score (nSPS) is 27.6. The number of benzene rings is 1. The quantitative estimate of drug-likeness (QED) is 0.704. The van der Waals surface area contributed by atoms with E-state index in [1.807, 2.05) is 6.07 Å². The van der Waals surface area contributed by atoms with Crippen molar-refractivity contribution in [1.29, 1.82) is 0 Å². The van der Waals surface area contributed by atoms with Crippen LogP contribution in [0.3, 0.4) is 0 Å². The van der Waals surface area contributed by atoms with E-state index in [4.69, 9.17) is 10.5 Å². The maximum Gasteiger partial charge on any atom is 0.128 e. The van der Waals surface area contributed by atoms with Crippen LogP contribution in [0.5, 0.6) is 0 Å². The average molecular weight is 378 g/mol. The Labute approximate surface area is 163 Å². The molecule has 0 radical (unpaired) electrons. The highest BCUT2D eigenvalue weighted by Crippen LogP contribution is 2.36. The molecule has 1 aromatic carbocycles. The molecule has 27 heavy (non-hydrogen) atoms. The molecular formula is C22H36FN3O. The molecule has 0 amide bonds. The van der Waals surface area contributed by atoms with Gasteiger partial charge in [0.05, 0.1) is 17.5 Å². The summed E-state index contributed by atoms with van der Waals surface area (Å²) in [4.78, 5) is 2.68. The topological polar surface area (TPSA) is 50.5 Å². The lowest BCUT2D eigenvalue weighted by molar-refractivity contribution is -0.0277. The zero-order chi connectivity index (χ0) is 19.4. The Morgan fingerprint density at radius 2 is 1.89 bits per heavy atom. The van der Waals surface area contributed by atoms with Crippen LogP contribution >= 0.6 is 0 Å². The maximum atomic E-state index is 13.6. The average Bonchev–Trinajstić information content (AvgIpc) is 2.66. The van der Waals surface area contributed by atoms with Gasteiger partial charge in [-0.1, -0.05) is 6.92 Å². The van der Waals surface area contributed by atoms with Crippen LogP contribution in [0.4, 0.5) is 15.8 Å². The van der Waals surface area contributed by atoms with Gasteiger partial charge in [-0.15, -0.1) is 0 Å². The number of halogens is 1. The zero-order valence-corrected chi connectivity index (χ0v) is 17.2. The number of nitrogens with zero attached hydrogens (tertiary/aromatic N) is 1. The van der Waals surface area contributed by atoms with E-state index in [0.717, 1.165) is 44.6 Å². The Bertz CT molecular complexity index is 620. The summed E-state index contributed by atoms with van der Waals surface area (Å²) in [6.07, 6.45) is 8.57. The summed E-state index contributed by atoms with van der Waals surface area (Å²) >= 11 is 0. The largest absolute Gasteiger partial charge is 0.397 e. The number of nitrogens with two attached hydrogens (primary N) is 1. The van der Waals surface area contributed by atoms with Crippen molar-refractivity contribution in [2.75, 3.05) is 30.7 Å². The van der Waals surface area contributed by atoms with Crippen LogP contribution in [0.2, 0.25) is 0 Å². The van der Waals surface area contributed by atoms with Crippen LogP contribution in [-0.4, -0.2) is 42.3 Å². The Balaban J connectivity index is 1.50. The van der Waals surface area contributed by atoms with Gasteiger partial charge in [-0.3, -0.25) is 4.90 Å². The van der Waals surface area contributed by atoms with E-state index in [1.54, 1.807) is 6.92 Å². The minimum Gasteiger partial charge on any atom is -0.397 e. The van der Waals surface area contributed by atoms with Gasteiger partial charge in [-0.2, -0.15) is 0 Å². The highest BCUT2D eigenvalue weighted by molar-refractivity contribution is 5.67. The first-order chi connectivity index (χ1) is 12.9. The number of hydrogen-bond donors (Lipinski definition) is 2. The van der Waals surface area contributed by atoms with Crippen LogP contribution in [-0.2, 0) is 4.74 Å². The van der Waals surface area contributed by atoms with E-state index in [-0.39, 0.29) is 5.82 Å². The van der Waals surface area contributed by atoms with Gasteiger partial charge in [0.1, 0.15) is 5.82 Å². The summed E-state index contributed by atoms with van der Waals surface area (Å²) in [5.41, 5.74) is 8.31. The van der Waals surface area contributed by atoms with Gasteiger partial charge in [-0.25, -0.2) is 4.39 Å². The number of aryl methyl sites for hydroxylation is 1. The van der Waals surface area contributed by atoms with Gasteiger partial charge >= 0.3 is 0 Å². The van der Waals surface area contributed by atoms with Crippen LogP contribution in [0, 0.1) is 12.7 Å². The number of nitrogens with one attached hydrogen (secondary N) is 1. The fraction of sp³-hybridized carbons (Fsp3) is 0.727. The second kappa shape index (κ2) is 8.78. The first-order valence-corrected chi connectivity index (χ1v) is 10.6. The molecular weight excluding hydrogens is 341 g/mol. The molecule has 0 bridgehead atoms. The van der Waals surface area contributed by atoms with Crippen LogP contribution in [0.15, 0.2) is 12.1 Å². The van der Waals surface area contributed by atoms with Crippen molar-refractivity contribution < 1.29 is 9.13 Å². The lowest BCUT2D eigenvalue weighted by atomic mass is 9.79. The van der Waals surface area contributed by atoms with E-state index < -0.39 is 0 Å². The molecule has 4 nitrogen and oxygen atoms in total. The molecule has 3 rings (SSSR count). The van der Waals surface area contributed by atoms with E-state index >= 15 is 0 Å². The first-order valence-electron chi connectivity index (χ1n) is 10.6. The number of anilines is 2. The second-order valence-electron chi connectivity index (χ2n) is 8.66. The number of rotatable bonds is 6. The fourth-order valence-electron chi connectivity index (χ4n) is 4.59. The number of nitrogen functional groups attached to an aromatic ring is 1. The van der Waals surface area contributed by atoms with Gasteiger partial charge < -0.3 is 15.8 Å². The van der Waals surface area contributed by atoms with Crippen molar-refractivity contribution >= 4 is 11.4 Å². The molecule has 0 spiro atoms. The maximum absolute atomic E-state index is 13.6. The standard InChI is InChI=1S/C22H36FN3O/c1-4-13-27-18-5-9-22(3,10-6-18)26-11-7-17(8-12-26)25-21-14-16(2)19(23)15-20(21)24/h14-15,17-18,25H,4-13,24H2,1-3H3/t18-,22+. The third-order valence-corrected chi connectivity index (χ3v) is 6.52. The minimum absolute atomic E-state index is 0.237. The monoisotopic (exact) mass is 377 g/mol. The summed E-state index contributed by atoms with van der Waals surface area (Å²) in [6.45, 7) is 9.49. The second-order valence-corrected chi connectivity index (χ2v) is 8.66. The summed E-state index contributed by atoms with van der Waals surface area (Å²) < 4.78 is 19.6. The van der Waals surface area contributed by atoms with Crippen LogP contribution in [0.25, 0.3) is 0 Å². The van der Waals surface area contributed by atoms with Gasteiger partial charge in [0.15, 0.2) is 0 Å². The summed E-state index contributed by atoms with van der Waals surface area (Å²) in [7, 11) is 0. The van der Waals surface area contributed by atoms with E-state index in [0.29, 0.717) is 28.9 Å². The molecule has 5 heteroatoms. The summed E-state index contributed by atoms with van der Waals surface area (Å²) in [6, 6.07) is 3.66. The van der Waals surface area contributed by atoms with Gasteiger partial charge in [0, 0.05) is 31.3 Å². The molecule has 3 N–H and O–H groups in total. The SMILES string of the molecule is CCCO[C@H]1CC[C@@](C)(N2CCC(Nc3cc(C)c(F)cc3N)CC2)CC1. The van der Waals surface area contributed by atoms with Crippen molar-refractivity contribution in [1.82, 2.24) is 4.90 Å². The lowest BCUT2D eigenvalue weighted by Gasteiger charge is -2.48. The van der Waals surface area contributed by atoms with Gasteiger partial charge in [-0.05, 0) is 76.5 Å². The van der Waals surface area contributed by atoms with E-state index in [2.05, 4.69) is 24.1 Å². The minimum atomic E-state index is -0.237. The molecule has 1 heterocycles. The Morgan fingerprint density at radius 1 is 1.22 bits per heavy atom. The van der Waals surface area contributed by atoms with Crippen molar-refractivity contribution in [3.05, 3.63) is 23.5 Å². The number of hydrogen-bond acceptors (Lipinski definition) is 4. The lowest BCUT2D eigenvalue weighted by Crippen LogP contribution is -2.53. The predicted molar refractivity (Wildman–Crippen MR) is 111 cm³/mol. The van der Waals surface area contributed by atoms with Crippen molar-refractivity contribution in [2.45, 2.75) is 83.4 Å². The molecule has 0 atom stereocenters. The van der Waals surface area contributed by atoms with Gasteiger partial charge in [0.2, 0.25) is 0 Å². The molecule has 1 aromatic rings. The van der Waals surface area contributed by atoms with E-state index in [1.165, 1.54) is 31.7 Å². The molecule has 0 unspecified atom stereocenters. The number of ether oxygens (including phenoxy) is 1. The number of piperidine rings is 1. The highest BCUT2D eigenvalue weighted by Gasteiger charge is 2.38. The molecule has 1 saturated carbocycles.